The monoisotopic (exact) mass is 474 g/mol. The van der Waals surface area contributed by atoms with Crippen molar-refractivity contribution in [2.45, 2.75) is 18.2 Å². The first-order chi connectivity index (χ1) is 16.4. The highest BCUT2D eigenvalue weighted by Gasteiger charge is 2.29. The molecule has 34 heavy (non-hydrogen) atoms. The molecular weight excluding hydrogens is 448 g/mol. The topological polar surface area (TPSA) is 81.7 Å². The SMILES string of the molecule is Cc1ccc2c(c1)C(=O)N(C)c1cnc(Nc3cccc(SN4CC[C@H](C=O)C4)c3)nc1N2C. The van der Waals surface area contributed by atoms with Crippen molar-refractivity contribution < 1.29 is 9.59 Å². The van der Waals surface area contributed by atoms with Crippen LogP contribution in [0.2, 0.25) is 0 Å². The predicted octanol–water partition coefficient (Wildman–Crippen LogP) is 4.41. The molecule has 9 heteroatoms. The molecule has 1 saturated heterocycles. The molecular formula is C25H26N6O2S. The minimum atomic E-state index is -0.0860. The average Bonchev–Trinajstić information content (AvgIpc) is 3.28. The van der Waals surface area contributed by atoms with Gasteiger partial charge in [0, 0.05) is 43.7 Å². The molecule has 5 rings (SSSR count). The summed E-state index contributed by atoms with van der Waals surface area (Å²) in [7, 11) is 3.66. The number of benzene rings is 2. The molecule has 1 atom stereocenters. The molecule has 3 aromatic rings. The van der Waals surface area contributed by atoms with Gasteiger partial charge >= 0.3 is 0 Å². The molecule has 0 saturated carbocycles. The summed E-state index contributed by atoms with van der Waals surface area (Å²) in [6.45, 7) is 3.66. The number of hydrogen-bond donors (Lipinski definition) is 1. The van der Waals surface area contributed by atoms with Crippen LogP contribution in [-0.4, -0.2) is 53.7 Å². The second-order valence-electron chi connectivity index (χ2n) is 8.66. The van der Waals surface area contributed by atoms with Gasteiger partial charge in [-0.15, -0.1) is 0 Å². The van der Waals surface area contributed by atoms with Crippen LogP contribution in [0.3, 0.4) is 0 Å². The molecule has 174 valence electrons. The van der Waals surface area contributed by atoms with Gasteiger partial charge in [-0.3, -0.25) is 4.79 Å². The summed E-state index contributed by atoms with van der Waals surface area (Å²) < 4.78 is 2.22. The number of carbonyl (C=O) groups is 2. The van der Waals surface area contributed by atoms with E-state index in [1.165, 1.54) is 0 Å². The van der Waals surface area contributed by atoms with Crippen molar-refractivity contribution in [2.75, 3.05) is 42.3 Å². The van der Waals surface area contributed by atoms with Crippen LogP contribution < -0.4 is 15.1 Å². The van der Waals surface area contributed by atoms with Crippen LogP contribution >= 0.6 is 11.9 Å². The van der Waals surface area contributed by atoms with Crippen LogP contribution in [0.4, 0.5) is 28.8 Å². The third-order valence-corrected chi connectivity index (χ3v) is 7.24. The Bertz CT molecular complexity index is 1270. The molecule has 3 heterocycles. The number of nitrogens with one attached hydrogen (secondary N) is 1. The fourth-order valence-corrected chi connectivity index (χ4v) is 5.36. The van der Waals surface area contributed by atoms with Crippen molar-refractivity contribution in [3.63, 3.8) is 0 Å². The fourth-order valence-electron chi connectivity index (χ4n) is 4.28. The van der Waals surface area contributed by atoms with E-state index in [1.807, 2.05) is 55.3 Å². The van der Waals surface area contributed by atoms with Crippen molar-refractivity contribution in [1.82, 2.24) is 14.3 Å². The van der Waals surface area contributed by atoms with Gasteiger partial charge in [-0.2, -0.15) is 4.98 Å². The molecule has 2 aliphatic rings. The first kappa shape index (κ1) is 22.4. The van der Waals surface area contributed by atoms with E-state index in [-0.39, 0.29) is 11.8 Å². The van der Waals surface area contributed by atoms with Gasteiger partial charge in [-0.25, -0.2) is 9.29 Å². The smallest absolute Gasteiger partial charge is 0.260 e. The summed E-state index contributed by atoms with van der Waals surface area (Å²) in [5.41, 5.74) is 3.99. The quantitative estimate of drug-likeness (QED) is 0.430. The Hall–Kier alpha value is -3.43. The van der Waals surface area contributed by atoms with Gasteiger partial charge in [0.05, 0.1) is 17.4 Å². The zero-order valence-electron chi connectivity index (χ0n) is 19.4. The van der Waals surface area contributed by atoms with Gasteiger partial charge in [0.25, 0.3) is 5.91 Å². The molecule has 0 aliphatic carbocycles. The Kier molecular flexibility index (Phi) is 5.97. The minimum absolute atomic E-state index is 0.0860. The van der Waals surface area contributed by atoms with E-state index < -0.39 is 0 Å². The second-order valence-corrected chi connectivity index (χ2v) is 9.83. The van der Waals surface area contributed by atoms with Crippen molar-refractivity contribution in [1.29, 1.82) is 0 Å². The van der Waals surface area contributed by atoms with Crippen molar-refractivity contribution in [3.8, 4) is 0 Å². The molecule has 2 aromatic carbocycles. The number of fused-ring (bicyclic) bond motifs is 2. The maximum absolute atomic E-state index is 13.1. The number of aryl methyl sites for hydroxylation is 1. The van der Waals surface area contributed by atoms with E-state index >= 15 is 0 Å². The summed E-state index contributed by atoms with van der Waals surface area (Å²) in [5.74, 6) is 1.14. The Labute approximate surface area is 203 Å². The van der Waals surface area contributed by atoms with Gasteiger partial charge < -0.3 is 19.9 Å². The first-order valence-electron chi connectivity index (χ1n) is 11.2. The van der Waals surface area contributed by atoms with E-state index in [0.29, 0.717) is 23.0 Å². The molecule has 1 N–H and O–H groups in total. The number of hydrogen-bond acceptors (Lipinski definition) is 8. The normalized spacial score (nSPS) is 17.9. The molecule has 0 radical (unpaired) electrons. The molecule has 2 aliphatic heterocycles. The minimum Gasteiger partial charge on any atom is -0.327 e. The summed E-state index contributed by atoms with van der Waals surface area (Å²) in [6.07, 6.45) is 3.64. The lowest BCUT2D eigenvalue weighted by Crippen LogP contribution is -2.25. The van der Waals surface area contributed by atoms with Crippen LogP contribution in [0.1, 0.15) is 22.3 Å². The highest BCUT2D eigenvalue weighted by molar-refractivity contribution is 7.97. The number of aldehydes is 1. The Balaban J connectivity index is 1.40. The number of carbonyl (C=O) groups excluding carboxylic acids is 2. The number of amides is 1. The van der Waals surface area contributed by atoms with Crippen molar-refractivity contribution in [2.24, 2.45) is 5.92 Å². The van der Waals surface area contributed by atoms with Crippen molar-refractivity contribution >= 4 is 53.0 Å². The largest absolute Gasteiger partial charge is 0.327 e. The highest BCUT2D eigenvalue weighted by Crippen LogP contribution is 2.38. The average molecular weight is 475 g/mol. The number of nitrogens with zero attached hydrogens (tertiary/aromatic N) is 5. The molecule has 1 aromatic heterocycles. The Morgan fingerprint density at radius 1 is 1.12 bits per heavy atom. The van der Waals surface area contributed by atoms with Crippen LogP contribution in [0.5, 0.6) is 0 Å². The number of rotatable bonds is 5. The summed E-state index contributed by atoms with van der Waals surface area (Å²) >= 11 is 1.66. The molecule has 0 spiro atoms. The lowest BCUT2D eigenvalue weighted by molar-refractivity contribution is -0.110. The van der Waals surface area contributed by atoms with Gasteiger partial charge in [0.15, 0.2) is 5.82 Å². The molecule has 8 nitrogen and oxygen atoms in total. The molecule has 1 amide bonds. The van der Waals surface area contributed by atoms with E-state index in [2.05, 4.69) is 20.7 Å². The van der Waals surface area contributed by atoms with Gasteiger partial charge in [-0.05, 0) is 55.6 Å². The number of aromatic nitrogens is 2. The lowest BCUT2D eigenvalue weighted by atomic mass is 10.1. The van der Waals surface area contributed by atoms with Crippen LogP contribution in [0.15, 0.2) is 53.6 Å². The molecule has 0 bridgehead atoms. The van der Waals surface area contributed by atoms with Gasteiger partial charge in [0.2, 0.25) is 5.95 Å². The van der Waals surface area contributed by atoms with Crippen LogP contribution in [0, 0.1) is 12.8 Å². The first-order valence-corrected chi connectivity index (χ1v) is 11.9. The lowest BCUT2D eigenvalue weighted by Gasteiger charge is -2.21. The van der Waals surface area contributed by atoms with Crippen LogP contribution in [0.25, 0.3) is 0 Å². The zero-order chi connectivity index (χ0) is 23.8. The summed E-state index contributed by atoms with van der Waals surface area (Å²) in [4.78, 5) is 38.0. The maximum atomic E-state index is 13.1. The van der Waals surface area contributed by atoms with Crippen molar-refractivity contribution in [3.05, 3.63) is 59.8 Å². The summed E-state index contributed by atoms with van der Waals surface area (Å²) in [5, 5.41) is 3.30. The van der Waals surface area contributed by atoms with Gasteiger partial charge in [-0.1, -0.05) is 17.7 Å². The second kappa shape index (κ2) is 9.08. The third-order valence-electron chi connectivity index (χ3n) is 6.18. The van der Waals surface area contributed by atoms with E-state index in [9.17, 15) is 9.59 Å². The maximum Gasteiger partial charge on any atom is 0.260 e. The molecule has 0 unspecified atom stereocenters. The highest BCUT2D eigenvalue weighted by atomic mass is 32.2. The fraction of sp³-hybridized carbons (Fsp3) is 0.280. The standard InChI is InChI=1S/C25H26N6O2S/c1-16-7-8-21-20(11-16)24(33)30(3)22-13-26-25(28-23(22)29(21)2)27-18-5-4-6-19(12-18)34-31-10-9-17(14-31)15-32/h4-8,11-13,15,17H,9-10,14H2,1-3H3,(H,26,27,28)/t17-/m0/s1. The zero-order valence-corrected chi connectivity index (χ0v) is 20.2. The van der Waals surface area contributed by atoms with E-state index in [4.69, 9.17) is 4.98 Å². The predicted molar refractivity (Wildman–Crippen MR) is 135 cm³/mol. The van der Waals surface area contributed by atoms with Crippen LogP contribution in [-0.2, 0) is 4.79 Å². The Morgan fingerprint density at radius 2 is 1.97 bits per heavy atom. The van der Waals surface area contributed by atoms with E-state index in [1.54, 1.807) is 30.1 Å². The van der Waals surface area contributed by atoms with Gasteiger partial charge in [0.1, 0.15) is 12.0 Å². The Morgan fingerprint density at radius 3 is 2.76 bits per heavy atom. The number of anilines is 5. The van der Waals surface area contributed by atoms with E-state index in [0.717, 1.165) is 47.6 Å². The summed E-state index contributed by atoms with van der Waals surface area (Å²) in [6, 6.07) is 13.9. The third kappa shape index (κ3) is 4.24. The molecule has 1 fully saturated rings.